The second kappa shape index (κ2) is 10.2. The molecule has 1 aliphatic carbocycles. The van der Waals surface area contributed by atoms with E-state index in [0.29, 0.717) is 12.6 Å². The number of nitrogens with zero attached hydrogens (tertiary/aromatic N) is 3. The maximum atomic E-state index is 6.35. The van der Waals surface area contributed by atoms with Gasteiger partial charge in [0.1, 0.15) is 5.75 Å². The molecule has 0 amide bonds. The minimum atomic E-state index is 0.463. The number of benzene rings is 2. The number of nitrogens with one attached hydrogen (secondary N) is 1. The highest BCUT2D eigenvalue weighted by Crippen LogP contribution is 2.34. The van der Waals surface area contributed by atoms with Crippen LogP contribution in [0.25, 0.3) is 0 Å². The van der Waals surface area contributed by atoms with E-state index in [1.807, 2.05) is 42.5 Å². The fourth-order valence-corrected chi connectivity index (χ4v) is 5.21. The third-order valence-electron chi connectivity index (χ3n) is 5.51. The van der Waals surface area contributed by atoms with Crippen molar-refractivity contribution in [1.82, 2.24) is 14.8 Å². The summed E-state index contributed by atoms with van der Waals surface area (Å²) in [5.41, 5.74) is 2.14. The largest absolute Gasteiger partial charge is 0.497 e. The van der Waals surface area contributed by atoms with Crippen LogP contribution in [-0.4, -0.2) is 21.9 Å². The van der Waals surface area contributed by atoms with E-state index in [0.717, 1.165) is 38.8 Å². The van der Waals surface area contributed by atoms with E-state index >= 15 is 0 Å². The standard InChI is InChI=1S/C23H27ClN4OS/c1-29-20-12-7-9-18(14-20)25-15-22-26-27-23(28(22)19-10-3-2-4-11-19)30-16-17-8-5-6-13-21(17)24/h5-9,12-14,19,25H,2-4,10-11,15-16H2,1H3. The van der Waals surface area contributed by atoms with Crippen molar-refractivity contribution >= 4 is 29.1 Å². The SMILES string of the molecule is COc1cccc(NCc2nnc(SCc3ccccc3Cl)n2C2CCCCC2)c1. The summed E-state index contributed by atoms with van der Waals surface area (Å²) in [4.78, 5) is 0. The molecule has 1 fully saturated rings. The van der Waals surface area contributed by atoms with Gasteiger partial charge < -0.3 is 14.6 Å². The predicted octanol–water partition coefficient (Wildman–Crippen LogP) is 6.35. The highest BCUT2D eigenvalue weighted by Gasteiger charge is 2.23. The third kappa shape index (κ3) is 5.10. The van der Waals surface area contributed by atoms with Gasteiger partial charge in [-0.05, 0) is 36.6 Å². The van der Waals surface area contributed by atoms with Gasteiger partial charge in [-0.1, -0.05) is 66.9 Å². The topological polar surface area (TPSA) is 52.0 Å². The van der Waals surface area contributed by atoms with Crippen LogP contribution in [0.15, 0.2) is 53.7 Å². The summed E-state index contributed by atoms with van der Waals surface area (Å²) >= 11 is 8.06. The number of methoxy groups -OCH3 is 1. The molecule has 3 aromatic rings. The Morgan fingerprint density at radius 3 is 2.73 bits per heavy atom. The Labute approximate surface area is 187 Å². The molecule has 4 rings (SSSR count). The fourth-order valence-electron chi connectivity index (χ4n) is 3.90. The molecule has 0 saturated heterocycles. The van der Waals surface area contributed by atoms with Gasteiger partial charge in [0.25, 0.3) is 0 Å². The first-order valence-corrected chi connectivity index (χ1v) is 11.8. The van der Waals surface area contributed by atoms with Crippen molar-refractivity contribution in [3.8, 4) is 5.75 Å². The molecule has 1 N–H and O–H groups in total. The van der Waals surface area contributed by atoms with Crippen LogP contribution in [0.4, 0.5) is 5.69 Å². The molecule has 2 aromatic carbocycles. The average Bonchev–Trinajstić information content (AvgIpc) is 3.20. The molecule has 1 aliphatic rings. The molecule has 158 valence electrons. The molecule has 0 radical (unpaired) electrons. The molecular formula is C23H27ClN4OS. The van der Waals surface area contributed by atoms with Crippen LogP contribution in [0, 0.1) is 0 Å². The summed E-state index contributed by atoms with van der Waals surface area (Å²) in [6, 6.07) is 16.4. The fraction of sp³-hybridized carbons (Fsp3) is 0.391. The van der Waals surface area contributed by atoms with E-state index in [1.165, 1.54) is 32.1 Å². The van der Waals surface area contributed by atoms with Gasteiger partial charge in [-0.25, -0.2) is 0 Å². The number of ether oxygens (including phenoxy) is 1. The normalized spacial score (nSPS) is 14.6. The van der Waals surface area contributed by atoms with Gasteiger partial charge in [0.05, 0.1) is 13.7 Å². The first kappa shape index (κ1) is 21.1. The number of rotatable bonds is 8. The van der Waals surface area contributed by atoms with Crippen molar-refractivity contribution < 1.29 is 4.74 Å². The maximum Gasteiger partial charge on any atom is 0.191 e. The first-order chi connectivity index (χ1) is 14.7. The summed E-state index contributed by atoms with van der Waals surface area (Å²) < 4.78 is 7.68. The molecular weight excluding hydrogens is 416 g/mol. The monoisotopic (exact) mass is 442 g/mol. The first-order valence-electron chi connectivity index (χ1n) is 10.4. The van der Waals surface area contributed by atoms with Gasteiger partial charge in [0, 0.05) is 28.6 Å². The second-order valence-corrected chi connectivity index (χ2v) is 8.88. The van der Waals surface area contributed by atoms with Gasteiger partial charge in [-0.2, -0.15) is 0 Å². The Morgan fingerprint density at radius 1 is 1.10 bits per heavy atom. The Morgan fingerprint density at radius 2 is 1.93 bits per heavy atom. The second-order valence-electron chi connectivity index (χ2n) is 7.53. The molecule has 5 nitrogen and oxygen atoms in total. The predicted molar refractivity (Wildman–Crippen MR) is 123 cm³/mol. The van der Waals surface area contributed by atoms with Crippen molar-refractivity contribution in [2.75, 3.05) is 12.4 Å². The Hall–Kier alpha value is -2.18. The zero-order chi connectivity index (χ0) is 20.8. The molecule has 1 saturated carbocycles. The maximum absolute atomic E-state index is 6.35. The van der Waals surface area contributed by atoms with Gasteiger partial charge >= 0.3 is 0 Å². The highest BCUT2D eigenvalue weighted by atomic mass is 35.5. The molecule has 7 heteroatoms. The van der Waals surface area contributed by atoms with E-state index in [2.05, 4.69) is 26.1 Å². The highest BCUT2D eigenvalue weighted by molar-refractivity contribution is 7.98. The van der Waals surface area contributed by atoms with Gasteiger partial charge in [0.2, 0.25) is 0 Å². The molecule has 0 atom stereocenters. The lowest BCUT2D eigenvalue weighted by atomic mass is 9.95. The van der Waals surface area contributed by atoms with E-state index in [-0.39, 0.29) is 0 Å². The summed E-state index contributed by atoms with van der Waals surface area (Å²) in [5.74, 6) is 2.60. The van der Waals surface area contributed by atoms with Crippen molar-refractivity contribution in [2.24, 2.45) is 0 Å². The number of halogens is 1. The summed E-state index contributed by atoms with van der Waals surface area (Å²) in [5, 5.41) is 14.4. The molecule has 30 heavy (non-hydrogen) atoms. The molecule has 1 heterocycles. The number of anilines is 1. The lowest BCUT2D eigenvalue weighted by molar-refractivity contribution is 0.330. The van der Waals surface area contributed by atoms with E-state index in [4.69, 9.17) is 16.3 Å². The number of hydrogen-bond donors (Lipinski definition) is 1. The third-order valence-corrected chi connectivity index (χ3v) is 6.87. The average molecular weight is 443 g/mol. The van der Waals surface area contributed by atoms with Gasteiger partial charge in [-0.15, -0.1) is 10.2 Å². The van der Waals surface area contributed by atoms with Crippen molar-refractivity contribution in [3.05, 3.63) is 64.9 Å². The van der Waals surface area contributed by atoms with Crippen molar-refractivity contribution in [2.45, 2.75) is 55.6 Å². The van der Waals surface area contributed by atoms with Crippen LogP contribution in [0.5, 0.6) is 5.75 Å². The Bertz CT molecular complexity index is 971. The molecule has 0 unspecified atom stereocenters. The molecule has 0 aliphatic heterocycles. The zero-order valence-corrected chi connectivity index (χ0v) is 18.8. The number of hydrogen-bond acceptors (Lipinski definition) is 5. The quantitative estimate of drug-likeness (QED) is 0.412. The minimum absolute atomic E-state index is 0.463. The lowest BCUT2D eigenvalue weighted by Gasteiger charge is -2.25. The van der Waals surface area contributed by atoms with Crippen LogP contribution in [0.3, 0.4) is 0 Å². The minimum Gasteiger partial charge on any atom is -0.497 e. The van der Waals surface area contributed by atoms with Gasteiger partial charge in [-0.3, -0.25) is 0 Å². The summed E-state index contributed by atoms with van der Waals surface area (Å²) in [6.07, 6.45) is 6.21. The van der Waals surface area contributed by atoms with E-state index in [9.17, 15) is 0 Å². The lowest BCUT2D eigenvalue weighted by Crippen LogP contribution is -2.18. The number of thioether (sulfide) groups is 1. The zero-order valence-electron chi connectivity index (χ0n) is 17.2. The molecule has 0 bridgehead atoms. The van der Waals surface area contributed by atoms with Crippen LogP contribution in [0.1, 0.15) is 49.5 Å². The Kier molecular flexibility index (Phi) is 7.18. The van der Waals surface area contributed by atoms with Crippen LogP contribution < -0.4 is 10.1 Å². The van der Waals surface area contributed by atoms with Crippen LogP contribution in [0.2, 0.25) is 5.02 Å². The summed E-state index contributed by atoms with van der Waals surface area (Å²) in [7, 11) is 1.68. The Balaban J connectivity index is 1.53. The number of aromatic nitrogens is 3. The summed E-state index contributed by atoms with van der Waals surface area (Å²) in [6.45, 7) is 0.628. The molecule has 1 aromatic heterocycles. The smallest absolute Gasteiger partial charge is 0.191 e. The van der Waals surface area contributed by atoms with Gasteiger partial charge in [0.15, 0.2) is 11.0 Å². The molecule has 0 spiro atoms. The van der Waals surface area contributed by atoms with Crippen molar-refractivity contribution in [3.63, 3.8) is 0 Å². The van der Waals surface area contributed by atoms with Crippen molar-refractivity contribution in [1.29, 1.82) is 0 Å². The van der Waals surface area contributed by atoms with Crippen LogP contribution >= 0.6 is 23.4 Å². The van der Waals surface area contributed by atoms with E-state index < -0.39 is 0 Å². The van der Waals surface area contributed by atoms with E-state index in [1.54, 1.807) is 18.9 Å². The van der Waals surface area contributed by atoms with Crippen LogP contribution in [-0.2, 0) is 12.3 Å².